The summed E-state index contributed by atoms with van der Waals surface area (Å²) in [4.78, 5) is 11.7. The van der Waals surface area contributed by atoms with Gasteiger partial charge in [-0.3, -0.25) is 4.79 Å². The number of aryl methyl sites for hydroxylation is 1. The quantitative estimate of drug-likeness (QED) is 0.905. The van der Waals surface area contributed by atoms with Crippen LogP contribution in [0.25, 0.3) is 0 Å². The Bertz CT molecular complexity index is 575. The fourth-order valence-corrected chi connectivity index (χ4v) is 2.30. The normalized spacial score (nSPS) is 13.8. The molecule has 1 N–H and O–H groups in total. The number of rotatable bonds is 4. The number of aliphatic carboxylic acids is 1. The van der Waals surface area contributed by atoms with Crippen LogP contribution < -0.4 is 0 Å². The topological polar surface area (TPSA) is 37.3 Å². The van der Waals surface area contributed by atoms with E-state index in [-0.39, 0.29) is 0 Å². The van der Waals surface area contributed by atoms with E-state index in [1.165, 1.54) is 0 Å². The molecule has 1 unspecified atom stereocenters. The van der Waals surface area contributed by atoms with Crippen LogP contribution in [0, 0.1) is 6.92 Å². The van der Waals surface area contributed by atoms with E-state index < -0.39 is 11.4 Å². The number of hydrogen-bond acceptors (Lipinski definition) is 1. The van der Waals surface area contributed by atoms with Crippen LogP contribution in [-0.4, -0.2) is 11.1 Å². The monoisotopic (exact) mass is 254 g/mol. The van der Waals surface area contributed by atoms with Crippen molar-refractivity contribution in [3.05, 3.63) is 71.3 Å². The fraction of sp³-hybridized carbons (Fsp3) is 0.235. The smallest absolute Gasteiger partial charge is 0.314 e. The Kier molecular flexibility index (Phi) is 3.70. The Morgan fingerprint density at radius 2 is 1.63 bits per heavy atom. The molecule has 2 aromatic rings. The number of carbonyl (C=O) groups is 1. The van der Waals surface area contributed by atoms with E-state index in [0.29, 0.717) is 6.42 Å². The lowest BCUT2D eigenvalue weighted by Crippen LogP contribution is -2.35. The van der Waals surface area contributed by atoms with Crippen LogP contribution in [0.2, 0.25) is 0 Å². The molecule has 0 aliphatic carbocycles. The van der Waals surface area contributed by atoms with E-state index in [1.54, 1.807) is 6.92 Å². The minimum atomic E-state index is -0.895. The van der Waals surface area contributed by atoms with Crippen molar-refractivity contribution in [3.8, 4) is 0 Å². The van der Waals surface area contributed by atoms with Crippen LogP contribution in [0.5, 0.6) is 0 Å². The first-order chi connectivity index (χ1) is 9.04. The minimum absolute atomic E-state index is 0.499. The molecule has 1 atom stereocenters. The van der Waals surface area contributed by atoms with Gasteiger partial charge in [-0.2, -0.15) is 0 Å². The second-order valence-electron chi connectivity index (χ2n) is 5.11. The zero-order chi connectivity index (χ0) is 13.9. The highest BCUT2D eigenvalue weighted by Crippen LogP contribution is 2.29. The van der Waals surface area contributed by atoms with Crippen molar-refractivity contribution >= 4 is 5.97 Å². The van der Waals surface area contributed by atoms with Gasteiger partial charge in [0, 0.05) is 0 Å². The van der Waals surface area contributed by atoms with Crippen LogP contribution in [-0.2, 0) is 16.6 Å². The molecule has 0 spiro atoms. The van der Waals surface area contributed by atoms with Gasteiger partial charge in [0.25, 0.3) is 0 Å². The second kappa shape index (κ2) is 5.27. The van der Waals surface area contributed by atoms with Gasteiger partial charge in [0.05, 0.1) is 5.41 Å². The molecule has 0 aliphatic rings. The van der Waals surface area contributed by atoms with Gasteiger partial charge in [-0.15, -0.1) is 0 Å². The molecule has 0 radical (unpaired) electrons. The van der Waals surface area contributed by atoms with Crippen molar-refractivity contribution in [1.29, 1.82) is 0 Å². The molecule has 2 nitrogen and oxygen atoms in total. The summed E-state index contributed by atoms with van der Waals surface area (Å²) in [5.41, 5.74) is 2.15. The Balaban J connectivity index is 2.42. The molecule has 19 heavy (non-hydrogen) atoms. The van der Waals surface area contributed by atoms with Gasteiger partial charge in [-0.25, -0.2) is 0 Å². The molecule has 0 bridgehead atoms. The number of hydrogen-bond donors (Lipinski definition) is 1. The molecule has 0 saturated heterocycles. The zero-order valence-corrected chi connectivity index (χ0v) is 11.3. The van der Waals surface area contributed by atoms with E-state index in [1.807, 2.05) is 61.5 Å². The van der Waals surface area contributed by atoms with Crippen molar-refractivity contribution < 1.29 is 9.90 Å². The largest absolute Gasteiger partial charge is 0.481 e. The van der Waals surface area contributed by atoms with E-state index in [9.17, 15) is 9.90 Å². The average molecular weight is 254 g/mol. The molecule has 0 aliphatic heterocycles. The maximum Gasteiger partial charge on any atom is 0.314 e. The summed E-state index contributed by atoms with van der Waals surface area (Å²) in [7, 11) is 0. The van der Waals surface area contributed by atoms with Gasteiger partial charge in [0.1, 0.15) is 0 Å². The van der Waals surface area contributed by atoms with Crippen LogP contribution >= 0.6 is 0 Å². The first-order valence-electron chi connectivity index (χ1n) is 6.37. The summed E-state index contributed by atoms with van der Waals surface area (Å²) in [6.45, 7) is 3.81. The van der Waals surface area contributed by atoms with Gasteiger partial charge in [0.2, 0.25) is 0 Å². The van der Waals surface area contributed by atoms with Gasteiger partial charge in [0.15, 0.2) is 0 Å². The third kappa shape index (κ3) is 2.68. The van der Waals surface area contributed by atoms with Crippen molar-refractivity contribution in [1.82, 2.24) is 0 Å². The molecule has 98 valence electrons. The van der Waals surface area contributed by atoms with Crippen LogP contribution in [0.3, 0.4) is 0 Å². The molecular weight excluding hydrogens is 236 g/mol. The Morgan fingerprint density at radius 3 is 2.21 bits per heavy atom. The summed E-state index contributed by atoms with van der Waals surface area (Å²) in [5, 5.41) is 9.64. The molecule has 0 aromatic heterocycles. The molecule has 0 fully saturated rings. The molecule has 2 heteroatoms. The van der Waals surface area contributed by atoms with Gasteiger partial charge < -0.3 is 5.11 Å². The summed E-state index contributed by atoms with van der Waals surface area (Å²) in [5.74, 6) is -0.790. The van der Waals surface area contributed by atoms with Gasteiger partial charge in [-0.05, 0) is 37.0 Å². The first-order valence-corrected chi connectivity index (χ1v) is 6.37. The number of carboxylic acids is 1. The summed E-state index contributed by atoms with van der Waals surface area (Å²) in [6.07, 6.45) is 0.499. The number of carboxylic acid groups (broad SMARTS) is 1. The van der Waals surface area contributed by atoms with E-state index in [2.05, 4.69) is 0 Å². The lowest BCUT2D eigenvalue weighted by molar-refractivity contribution is -0.143. The van der Waals surface area contributed by atoms with Gasteiger partial charge >= 0.3 is 5.97 Å². The van der Waals surface area contributed by atoms with Crippen molar-refractivity contribution in [2.24, 2.45) is 0 Å². The van der Waals surface area contributed by atoms with Crippen molar-refractivity contribution in [3.63, 3.8) is 0 Å². The van der Waals surface area contributed by atoms with E-state index in [4.69, 9.17) is 0 Å². The van der Waals surface area contributed by atoms with Crippen molar-refractivity contribution in [2.75, 3.05) is 0 Å². The third-order valence-electron chi connectivity index (χ3n) is 3.69. The van der Waals surface area contributed by atoms with Crippen LogP contribution in [0.15, 0.2) is 54.6 Å². The highest BCUT2D eigenvalue weighted by molar-refractivity contribution is 5.81. The summed E-state index contributed by atoms with van der Waals surface area (Å²) in [6, 6.07) is 17.4. The molecule has 0 heterocycles. The molecular formula is C17H18O2. The average Bonchev–Trinajstić information content (AvgIpc) is 2.42. The Hall–Kier alpha value is -2.09. The SMILES string of the molecule is Cc1ccccc1CC(C)(C(=O)O)c1ccccc1. The predicted octanol–water partition coefficient (Wildman–Crippen LogP) is 3.58. The second-order valence-corrected chi connectivity index (χ2v) is 5.11. The fourth-order valence-electron chi connectivity index (χ4n) is 2.30. The first kappa shape index (κ1) is 13.3. The lowest BCUT2D eigenvalue weighted by atomic mass is 9.76. The van der Waals surface area contributed by atoms with Gasteiger partial charge in [-0.1, -0.05) is 54.6 Å². The molecule has 2 aromatic carbocycles. The minimum Gasteiger partial charge on any atom is -0.481 e. The summed E-state index contributed by atoms with van der Waals surface area (Å²) >= 11 is 0. The third-order valence-corrected chi connectivity index (χ3v) is 3.69. The Morgan fingerprint density at radius 1 is 1.05 bits per heavy atom. The zero-order valence-electron chi connectivity index (χ0n) is 11.3. The highest BCUT2D eigenvalue weighted by atomic mass is 16.4. The summed E-state index contributed by atoms with van der Waals surface area (Å²) < 4.78 is 0. The molecule has 2 rings (SSSR count). The lowest BCUT2D eigenvalue weighted by Gasteiger charge is -2.26. The highest BCUT2D eigenvalue weighted by Gasteiger charge is 2.35. The number of benzene rings is 2. The standard InChI is InChI=1S/C17H18O2/c1-13-8-6-7-9-14(13)12-17(2,16(18)19)15-10-4-3-5-11-15/h3-11H,12H2,1-2H3,(H,18,19). The van der Waals surface area contributed by atoms with E-state index in [0.717, 1.165) is 16.7 Å². The van der Waals surface area contributed by atoms with Crippen LogP contribution in [0.4, 0.5) is 0 Å². The molecule has 0 saturated carbocycles. The maximum atomic E-state index is 11.7. The Labute approximate surface area is 113 Å². The molecule has 0 amide bonds. The van der Waals surface area contributed by atoms with E-state index >= 15 is 0 Å². The van der Waals surface area contributed by atoms with Crippen molar-refractivity contribution in [2.45, 2.75) is 25.7 Å². The van der Waals surface area contributed by atoms with Crippen LogP contribution in [0.1, 0.15) is 23.6 Å². The maximum absolute atomic E-state index is 11.7. The predicted molar refractivity (Wildman–Crippen MR) is 76.3 cm³/mol.